The van der Waals surface area contributed by atoms with Gasteiger partial charge in [0.15, 0.2) is 0 Å². The second-order valence-corrected chi connectivity index (χ2v) is 3.58. The zero-order valence-corrected chi connectivity index (χ0v) is 9.78. The van der Waals surface area contributed by atoms with Gasteiger partial charge in [0.05, 0.1) is 0 Å². The maximum Gasteiger partial charge on any atom is 0.371 e. The van der Waals surface area contributed by atoms with Crippen molar-refractivity contribution in [3.63, 3.8) is 0 Å². The molecule has 0 amide bonds. The largest absolute Gasteiger partial charge is 0.475 e. The van der Waals surface area contributed by atoms with E-state index < -0.39 is 5.97 Å². The Morgan fingerprint density at radius 3 is 2.69 bits per heavy atom. The maximum absolute atomic E-state index is 10.9. The molecular formula is C13H16O3. The molecule has 86 valence electrons. The lowest BCUT2D eigenvalue weighted by atomic mass is 10.1. The number of carboxylic acids is 1. The monoisotopic (exact) mass is 220 g/mol. The number of rotatable bonds is 4. The van der Waals surface area contributed by atoms with Crippen LogP contribution < -0.4 is 4.74 Å². The summed E-state index contributed by atoms with van der Waals surface area (Å²) in [6.45, 7) is 5.75. The summed E-state index contributed by atoms with van der Waals surface area (Å²) in [4.78, 5) is 10.9. The molecule has 0 radical (unpaired) electrons. The van der Waals surface area contributed by atoms with Gasteiger partial charge in [0, 0.05) is 0 Å². The van der Waals surface area contributed by atoms with E-state index >= 15 is 0 Å². The minimum atomic E-state index is -1.04. The first-order valence-corrected chi connectivity index (χ1v) is 5.23. The van der Waals surface area contributed by atoms with Crippen molar-refractivity contribution >= 4 is 5.97 Å². The highest BCUT2D eigenvalue weighted by Gasteiger charge is 2.11. The van der Waals surface area contributed by atoms with Crippen LogP contribution in [0.5, 0.6) is 5.75 Å². The van der Waals surface area contributed by atoms with Crippen LogP contribution in [0.25, 0.3) is 0 Å². The standard InChI is InChI=1S/C13H16O3/c1-4-6-12(13(14)15)16-11-8-5-7-9(2)10(11)3/h5-8H,4H2,1-3H3,(H,14,15)/b12-6+. The third-order valence-corrected chi connectivity index (χ3v) is 2.38. The molecule has 1 aromatic rings. The predicted octanol–water partition coefficient (Wildman–Crippen LogP) is 3.06. The summed E-state index contributed by atoms with van der Waals surface area (Å²) >= 11 is 0. The van der Waals surface area contributed by atoms with E-state index in [4.69, 9.17) is 9.84 Å². The van der Waals surface area contributed by atoms with Crippen LogP contribution in [0.4, 0.5) is 0 Å². The molecule has 0 spiro atoms. The molecule has 1 N–H and O–H groups in total. The summed E-state index contributed by atoms with van der Waals surface area (Å²) in [5.74, 6) is -0.457. The fourth-order valence-corrected chi connectivity index (χ4v) is 1.31. The van der Waals surface area contributed by atoms with E-state index in [2.05, 4.69) is 0 Å². The van der Waals surface area contributed by atoms with Crippen LogP contribution in [0, 0.1) is 13.8 Å². The van der Waals surface area contributed by atoms with Gasteiger partial charge in [-0.1, -0.05) is 19.1 Å². The Bertz CT molecular complexity index is 419. The van der Waals surface area contributed by atoms with Gasteiger partial charge >= 0.3 is 5.97 Å². The summed E-state index contributed by atoms with van der Waals surface area (Å²) in [7, 11) is 0. The molecule has 0 aliphatic carbocycles. The second-order valence-electron chi connectivity index (χ2n) is 3.58. The van der Waals surface area contributed by atoms with Gasteiger partial charge in [0.2, 0.25) is 5.76 Å². The summed E-state index contributed by atoms with van der Waals surface area (Å²) in [5, 5.41) is 8.93. The van der Waals surface area contributed by atoms with Crippen molar-refractivity contribution < 1.29 is 14.6 Å². The summed E-state index contributed by atoms with van der Waals surface area (Å²) in [6.07, 6.45) is 2.19. The average Bonchev–Trinajstić information content (AvgIpc) is 2.23. The highest BCUT2D eigenvalue weighted by Crippen LogP contribution is 2.22. The van der Waals surface area contributed by atoms with Gasteiger partial charge in [-0.3, -0.25) is 0 Å². The molecular weight excluding hydrogens is 204 g/mol. The second kappa shape index (κ2) is 5.35. The Hall–Kier alpha value is -1.77. The highest BCUT2D eigenvalue weighted by atomic mass is 16.5. The third-order valence-electron chi connectivity index (χ3n) is 2.38. The first-order valence-electron chi connectivity index (χ1n) is 5.23. The van der Waals surface area contributed by atoms with Gasteiger partial charge in [0.1, 0.15) is 5.75 Å². The summed E-state index contributed by atoms with van der Waals surface area (Å²) < 4.78 is 5.39. The van der Waals surface area contributed by atoms with Crippen LogP contribution in [0.15, 0.2) is 30.0 Å². The summed E-state index contributed by atoms with van der Waals surface area (Å²) in [6, 6.07) is 5.59. The van der Waals surface area contributed by atoms with E-state index in [9.17, 15) is 4.79 Å². The van der Waals surface area contributed by atoms with Crippen molar-refractivity contribution in [2.24, 2.45) is 0 Å². The number of carboxylic acid groups (broad SMARTS) is 1. The molecule has 1 aromatic carbocycles. The Balaban J connectivity index is 2.99. The number of aryl methyl sites for hydroxylation is 1. The SMILES string of the molecule is CC/C=C(/Oc1cccc(C)c1C)C(=O)O. The molecule has 0 unspecified atom stereocenters. The van der Waals surface area contributed by atoms with Crippen LogP contribution in [0.3, 0.4) is 0 Å². The number of hydrogen-bond donors (Lipinski definition) is 1. The van der Waals surface area contributed by atoms with Crippen molar-refractivity contribution in [2.45, 2.75) is 27.2 Å². The van der Waals surface area contributed by atoms with Crippen molar-refractivity contribution in [3.8, 4) is 5.75 Å². The Labute approximate surface area is 95.4 Å². The third kappa shape index (κ3) is 2.86. The van der Waals surface area contributed by atoms with Crippen LogP contribution in [0.1, 0.15) is 24.5 Å². The average molecular weight is 220 g/mol. The predicted molar refractivity (Wildman–Crippen MR) is 62.6 cm³/mol. The van der Waals surface area contributed by atoms with Crippen molar-refractivity contribution in [1.29, 1.82) is 0 Å². The molecule has 0 aliphatic heterocycles. The topological polar surface area (TPSA) is 46.5 Å². The number of carbonyl (C=O) groups is 1. The number of hydrogen-bond acceptors (Lipinski definition) is 2. The molecule has 0 aliphatic rings. The molecule has 0 bridgehead atoms. The van der Waals surface area contributed by atoms with Gasteiger partial charge in [0.25, 0.3) is 0 Å². The van der Waals surface area contributed by atoms with Gasteiger partial charge in [-0.2, -0.15) is 0 Å². The van der Waals surface area contributed by atoms with Gasteiger partial charge in [-0.05, 0) is 43.5 Å². The number of aliphatic carboxylic acids is 1. The quantitative estimate of drug-likeness (QED) is 0.626. The number of benzene rings is 1. The first kappa shape index (κ1) is 12.3. The van der Waals surface area contributed by atoms with Crippen LogP contribution in [-0.4, -0.2) is 11.1 Å². The minimum absolute atomic E-state index is 0.0174. The Kier molecular flexibility index (Phi) is 4.11. The summed E-state index contributed by atoms with van der Waals surface area (Å²) in [5.41, 5.74) is 2.05. The molecule has 16 heavy (non-hydrogen) atoms. The normalized spacial score (nSPS) is 11.3. The van der Waals surface area contributed by atoms with E-state index in [0.717, 1.165) is 11.1 Å². The van der Waals surface area contributed by atoms with E-state index in [-0.39, 0.29) is 5.76 Å². The van der Waals surface area contributed by atoms with Crippen LogP contribution >= 0.6 is 0 Å². The van der Waals surface area contributed by atoms with Crippen molar-refractivity contribution in [2.75, 3.05) is 0 Å². The first-order chi connectivity index (χ1) is 7.56. The molecule has 0 aromatic heterocycles. The Morgan fingerprint density at radius 2 is 2.12 bits per heavy atom. The fourth-order valence-electron chi connectivity index (χ4n) is 1.31. The molecule has 0 saturated heterocycles. The molecule has 0 fully saturated rings. The highest BCUT2D eigenvalue weighted by molar-refractivity contribution is 5.84. The van der Waals surface area contributed by atoms with Gasteiger partial charge in [-0.25, -0.2) is 4.79 Å². The molecule has 3 nitrogen and oxygen atoms in total. The lowest BCUT2D eigenvalue weighted by molar-refractivity contribution is -0.135. The minimum Gasteiger partial charge on any atom is -0.475 e. The Morgan fingerprint density at radius 1 is 1.44 bits per heavy atom. The van der Waals surface area contributed by atoms with Crippen molar-refractivity contribution in [3.05, 3.63) is 41.2 Å². The number of ether oxygens (including phenoxy) is 1. The van der Waals surface area contributed by atoms with Gasteiger partial charge < -0.3 is 9.84 Å². The van der Waals surface area contributed by atoms with E-state index in [1.165, 1.54) is 0 Å². The van der Waals surface area contributed by atoms with Gasteiger partial charge in [-0.15, -0.1) is 0 Å². The molecule has 3 heteroatoms. The smallest absolute Gasteiger partial charge is 0.371 e. The zero-order chi connectivity index (χ0) is 12.1. The van der Waals surface area contributed by atoms with E-state index in [1.54, 1.807) is 12.1 Å². The maximum atomic E-state index is 10.9. The molecule has 0 heterocycles. The molecule has 0 saturated carbocycles. The zero-order valence-electron chi connectivity index (χ0n) is 9.78. The van der Waals surface area contributed by atoms with Crippen LogP contribution in [-0.2, 0) is 4.79 Å². The number of allylic oxidation sites excluding steroid dienone is 1. The van der Waals surface area contributed by atoms with Crippen LogP contribution in [0.2, 0.25) is 0 Å². The van der Waals surface area contributed by atoms with Crippen molar-refractivity contribution in [1.82, 2.24) is 0 Å². The molecule has 1 rings (SSSR count). The fraction of sp³-hybridized carbons (Fsp3) is 0.308. The van der Waals surface area contributed by atoms with E-state index in [1.807, 2.05) is 32.9 Å². The lowest BCUT2D eigenvalue weighted by Crippen LogP contribution is -2.08. The molecule has 0 atom stereocenters. The lowest BCUT2D eigenvalue weighted by Gasteiger charge is -2.10. The van der Waals surface area contributed by atoms with E-state index in [0.29, 0.717) is 12.2 Å².